The number of nitriles is 1. The minimum Gasteiger partial charge on any atom is -0.422 e. The number of anilines is 1. The summed E-state index contributed by atoms with van der Waals surface area (Å²) >= 11 is 0. The van der Waals surface area contributed by atoms with Gasteiger partial charge in [0.1, 0.15) is 6.07 Å². The van der Waals surface area contributed by atoms with Crippen molar-refractivity contribution in [3.63, 3.8) is 0 Å². The van der Waals surface area contributed by atoms with Gasteiger partial charge in [0, 0.05) is 24.1 Å². The maximum atomic E-state index is 10.7. The fourth-order valence-corrected chi connectivity index (χ4v) is 1.55. The number of oxazole rings is 1. The Labute approximate surface area is 119 Å². The predicted molar refractivity (Wildman–Crippen MR) is 74.9 cm³/mol. The highest BCUT2D eigenvalue weighted by atomic mass is 16.6. The lowest BCUT2D eigenvalue weighted by Crippen LogP contribution is -1.93. The second-order valence-electron chi connectivity index (χ2n) is 3.97. The van der Waals surface area contributed by atoms with Gasteiger partial charge in [-0.05, 0) is 0 Å². The van der Waals surface area contributed by atoms with Crippen molar-refractivity contribution in [1.82, 2.24) is 4.98 Å². The smallest absolute Gasteiger partial charge is 0.270 e. The molecule has 0 saturated carbocycles. The summed E-state index contributed by atoms with van der Waals surface area (Å²) < 4.78 is 5.29. The van der Waals surface area contributed by atoms with Gasteiger partial charge in [-0.3, -0.25) is 10.1 Å². The van der Waals surface area contributed by atoms with Gasteiger partial charge >= 0.3 is 0 Å². The summed E-state index contributed by atoms with van der Waals surface area (Å²) in [5, 5.41) is 23.4. The molecule has 8 nitrogen and oxygen atoms in total. The summed E-state index contributed by atoms with van der Waals surface area (Å²) in [5.41, 5.74) is 3.20. The van der Waals surface area contributed by atoms with Crippen molar-refractivity contribution in [3.8, 4) is 6.07 Å². The summed E-state index contributed by atoms with van der Waals surface area (Å²) in [7, 11) is 0. The molecule has 0 amide bonds. The van der Waals surface area contributed by atoms with Gasteiger partial charge in [0.15, 0.2) is 5.89 Å². The van der Waals surface area contributed by atoms with Crippen molar-refractivity contribution in [3.05, 3.63) is 51.5 Å². The van der Waals surface area contributed by atoms with E-state index in [1.165, 1.54) is 18.3 Å². The number of nitro benzene ring substituents is 1. The van der Waals surface area contributed by atoms with Crippen LogP contribution >= 0.6 is 0 Å². The van der Waals surface area contributed by atoms with Gasteiger partial charge < -0.3 is 4.42 Å². The first-order chi connectivity index (χ1) is 10.1. The number of hydrazone groups is 1. The number of rotatable bonds is 5. The SMILES string of the molecule is CCc1nc(C#N)c(N/N=C\c2cccc([N+](=O)[O-])c2)o1. The Bertz CT molecular complexity index is 730. The first kappa shape index (κ1) is 14.2. The number of nitro groups is 1. The minimum atomic E-state index is -0.484. The van der Waals surface area contributed by atoms with E-state index >= 15 is 0 Å². The molecule has 0 spiro atoms. The van der Waals surface area contributed by atoms with E-state index in [2.05, 4.69) is 15.5 Å². The number of hydrogen-bond donors (Lipinski definition) is 1. The van der Waals surface area contributed by atoms with Gasteiger partial charge in [-0.15, -0.1) is 0 Å². The molecule has 2 rings (SSSR count). The maximum Gasteiger partial charge on any atom is 0.270 e. The van der Waals surface area contributed by atoms with E-state index in [0.717, 1.165) is 0 Å². The van der Waals surface area contributed by atoms with Gasteiger partial charge in [0.25, 0.3) is 11.6 Å². The molecule has 106 valence electrons. The first-order valence-electron chi connectivity index (χ1n) is 6.07. The molecule has 0 saturated heterocycles. The van der Waals surface area contributed by atoms with Crippen LogP contribution in [0.25, 0.3) is 0 Å². The predicted octanol–water partition coefficient (Wildman–Crippen LogP) is 2.46. The van der Waals surface area contributed by atoms with Crippen LogP contribution in [0.3, 0.4) is 0 Å². The number of aromatic nitrogens is 1. The Morgan fingerprint density at radius 1 is 1.62 bits per heavy atom. The number of nitrogens with zero attached hydrogens (tertiary/aromatic N) is 4. The lowest BCUT2D eigenvalue weighted by Gasteiger charge is -1.95. The second kappa shape index (κ2) is 6.29. The molecule has 0 fully saturated rings. The number of aryl methyl sites for hydroxylation is 1. The first-order valence-corrected chi connectivity index (χ1v) is 6.07. The van der Waals surface area contributed by atoms with Crippen LogP contribution in [0.15, 0.2) is 33.8 Å². The molecule has 8 heteroatoms. The molecular formula is C13H11N5O3. The monoisotopic (exact) mass is 285 g/mol. The van der Waals surface area contributed by atoms with Crippen molar-refractivity contribution >= 4 is 17.8 Å². The molecule has 1 N–H and O–H groups in total. The molecule has 1 aromatic carbocycles. The molecule has 0 radical (unpaired) electrons. The van der Waals surface area contributed by atoms with Crippen LogP contribution in [0.5, 0.6) is 0 Å². The van der Waals surface area contributed by atoms with E-state index < -0.39 is 4.92 Å². The molecule has 0 bridgehead atoms. The summed E-state index contributed by atoms with van der Waals surface area (Å²) in [4.78, 5) is 14.1. The van der Waals surface area contributed by atoms with E-state index in [0.29, 0.717) is 17.9 Å². The highest BCUT2D eigenvalue weighted by molar-refractivity contribution is 5.81. The Morgan fingerprint density at radius 2 is 2.43 bits per heavy atom. The molecule has 0 unspecified atom stereocenters. The van der Waals surface area contributed by atoms with Gasteiger partial charge in [-0.1, -0.05) is 19.1 Å². The molecular weight excluding hydrogens is 274 g/mol. The lowest BCUT2D eigenvalue weighted by atomic mass is 10.2. The summed E-state index contributed by atoms with van der Waals surface area (Å²) in [6.45, 7) is 1.85. The Hall–Kier alpha value is -3.21. The van der Waals surface area contributed by atoms with E-state index in [4.69, 9.17) is 9.68 Å². The summed E-state index contributed by atoms with van der Waals surface area (Å²) in [6.07, 6.45) is 1.95. The zero-order valence-electron chi connectivity index (χ0n) is 11.1. The average Bonchev–Trinajstić information content (AvgIpc) is 2.90. The fourth-order valence-electron chi connectivity index (χ4n) is 1.55. The normalized spacial score (nSPS) is 10.5. The zero-order chi connectivity index (χ0) is 15.2. The van der Waals surface area contributed by atoms with Gasteiger partial charge in [-0.2, -0.15) is 10.4 Å². The fraction of sp³-hybridized carbons (Fsp3) is 0.154. The van der Waals surface area contributed by atoms with Crippen molar-refractivity contribution in [2.24, 2.45) is 5.10 Å². The second-order valence-corrected chi connectivity index (χ2v) is 3.97. The summed E-state index contributed by atoms with van der Waals surface area (Å²) in [6, 6.07) is 7.89. The molecule has 2 aromatic rings. The third-order valence-corrected chi connectivity index (χ3v) is 2.54. The third kappa shape index (κ3) is 3.42. The molecule has 0 aliphatic rings. The van der Waals surface area contributed by atoms with Gasteiger partial charge in [-0.25, -0.2) is 10.4 Å². The number of nitrogens with one attached hydrogen (secondary N) is 1. The van der Waals surface area contributed by atoms with E-state index in [1.807, 2.05) is 13.0 Å². The Kier molecular flexibility index (Phi) is 4.26. The molecule has 1 heterocycles. The lowest BCUT2D eigenvalue weighted by molar-refractivity contribution is -0.384. The molecule has 1 aromatic heterocycles. The average molecular weight is 285 g/mol. The van der Waals surface area contributed by atoms with E-state index in [1.54, 1.807) is 12.1 Å². The van der Waals surface area contributed by atoms with Gasteiger partial charge in [0.2, 0.25) is 5.69 Å². The van der Waals surface area contributed by atoms with Crippen molar-refractivity contribution in [2.45, 2.75) is 13.3 Å². The highest BCUT2D eigenvalue weighted by Gasteiger charge is 2.10. The van der Waals surface area contributed by atoms with Crippen LogP contribution in [0.1, 0.15) is 24.1 Å². The quantitative estimate of drug-likeness (QED) is 0.512. The van der Waals surface area contributed by atoms with E-state index in [-0.39, 0.29) is 17.3 Å². The number of non-ortho nitro benzene ring substituents is 1. The third-order valence-electron chi connectivity index (χ3n) is 2.54. The zero-order valence-corrected chi connectivity index (χ0v) is 11.1. The summed E-state index contributed by atoms with van der Waals surface area (Å²) in [5.74, 6) is 0.579. The van der Waals surface area contributed by atoms with Crippen molar-refractivity contribution < 1.29 is 9.34 Å². The minimum absolute atomic E-state index is 0.0235. The maximum absolute atomic E-state index is 10.7. The highest BCUT2D eigenvalue weighted by Crippen LogP contribution is 2.17. The van der Waals surface area contributed by atoms with Crippen LogP contribution in [-0.4, -0.2) is 16.1 Å². The standard InChI is InChI=1S/C13H11N5O3/c1-2-12-16-11(7-14)13(21-12)17-15-8-9-4-3-5-10(6-9)18(19)20/h3-6,8,17H,2H2,1H3/b15-8-. The molecule has 21 heavy (non-hydrogen) atoms. The van der Waals surface area contributed by atoms with Crippen LogP contribution < -0.4 is 5.43 Å². The van der Waals surface area contributed by atoms with E-state index in [9.17, 15) is 10.1 Å². The van der Waals surface area contributed by atoms with Crippen molar-refractivity contribution in [2.75, 3.05) is 5.43 Å². The van der Waals surface area contributed by atoms with Gasteiger partial charge in [0.05, 0.1) is 11.1 Å². The molecule has 0 atom stereocenters. The van der Waals surface area contributed by atoms with Crippen LogP contribution in [0.4, 0.5) is 11.6 Å². The largest absolute Gasteiger partial charge is 0.422 e. The molecule has 0 aliphatic heterocycles. The number of hydrogen-bond acceptors (Lipinski definition) is 7. The Balaban J connectivity index is 2.12. The van der Waals surface area contributed by atoms with Crippen LogP contribution in [0, 0.1) is 21.4 Å². The van der Waals surface area contributed by atoms with Crippen LogP contribution in [-0.2, 0) is 6.42 Å². The number of benzene rings is 1. The van der Waals surface area contributed by atoms with Crippen molar-refractivity contribution in [1.29, 1.82) is 5.26 Å². The Morgan fingerprint density at radius 3 is 3.10 bits per heavy atom. The topological polar surface area (TPSA) is 117 Å². The van der Waals surface area contributed by atoms with Crippen LogP contribution in [0.2, 0.25) is 0 Å². The molecule has 0 aliphatic carbocycles.